The van der Waals surface area contributed by atoms with E-state index in [4.69, 9.17) is 5.73 Å². The van der Waals surface area contributed by atoms with Gasteiger partial charge in [-0.1, -0.05) is 24.3 Å². The van der Waals surface area contributed by atoms with Crippen LogP contribution >= 0.6 is 0 Å². The number of amides is 1. The molecule has 0 radical (unpaired) electrons. The Labute approximate surface area is 119 Å². The lowest BCUT2D eigenvalue weighted by atomic mass is 10.1. The van der Waals surface area contributed by atoms with Gasteiger partial charge in [-0.15, -0.1) is 0 Å². The first kappa shape index (κ1) is 12.7. The number of aryl methyl sites for hydroxylation is 2. The van der Waals surface area contributed by atoms with E-state index in [1.165, 1.54) is 5.56 Å². The molecule has 2 aromatic rings. The fraction of sp³-hybridized carbons (Fsp3) is 0.235. The summed E-state index contributed by atoms with van der Waals surface area (Å²) in [5, 5.41) is 0. The summed E-state index contributed by atoms with van der Waals surface area (Å²) in [5.74, 6) is 0.0603. The molecule has 1 aliphatic heterocycles. The summed E-state index contributed by atoms with van der Waals surface area (Å²) in [6, 6.07) is 11.7. The monoisotopic (exact) mass is 266 g/mol. The molecule has 20 heavy (non-hydrogen) atoms. The van der Waals surface area contributed by atoms with Gasteiger partial charge in [-0.05, 0) is 49.1 Å². The van der Waals surface area contributed by atoms with Gasteiger partial charge in [0, 0.05) is 23.5 Å². The van der Waals surface area contributed by atoms with Gasteiger partial charge in [-0.3, -0.25) is 4.79 Å². The van der Waals surface area contributed by atoms with Gasteiger partial charge in [0.05, 0.1) is 0 Å². The predicted molar refractivity (Wildman–Crippen MR) is 82.2 cm³/mol. The van der Waals surface area contributed by atoms with Gasteiger partial charge in [-0.2, -0.15) is 0 Å². The predicted octanol–water partition coefficient (Wildman–Crippen LogP) is 3.09. The van der Waals surface area contributed by atoms with Crippen LogP contribution in [0.5, 0.6) is 0 Å². The van der Waals surface area contributed by atoms with Crippen molar-refractivity contribution in [2.24, 2.45) is 0 Å². The molecule has 3 nitrogen and oxygen atoms in total. The van der Waals surface area contributed by atoms with Crippen molar-refractivity contribution in [3.05, 3.63) is 58.7 Å². The number of rotatable bonds is 1. The molecule has 0 spiro atoms. The van der Waals surface area contributed by atoms with Gasteiger partial charge >= 0.3 is 0 Å². The highest BCUT2D eigenvalue weighted by molar-refractivity contribution is 6.08. The van der Waals surface area contributed by atoms with Crippen LogP contribution in [0, 0.1) is 13.8 Å². The molecule has 1 aliphatic rings. The lowest BCUT2D eigenvalue weighted by Crippen LogP contribution is -2.29. The summed E-state index contributed by atoms with van der Waals surface area (Å²) >= 11 is 0. The van der Waals surface area contributed by atoms with E-state index in [-0.39, 0.29) is 5.91 Å². The Morgan fingerprint density at radius 1 is 1.15 bits per heavy atom. The topological polar surface area (TPSA) is 46.3 Å². The summed E-state index contributed by atoms with van der Waals surface area (Å²) in [7, 11) is 0. The fourth-order valence-corrected chi connectivity index (χ4v) is 2.75. The van der Waals surface area contributed by atoms with Crippen molar-refractivity contribution < 1.29 is 4.79 Å². The molecular formula is C17H18N2O. The molecular weight excluding hydrogens is 248 g/mol. The van der Waals surface area contributed by atoms with Crippen LogP contribution in [0.25, 0.3) is 0 Å². The van der Waals surface area contributed by atoms with Crippen molar-refractivity contribution in [3.63, 3.8) is 0 Å². The van der Waals surface area contributed by atoms with Gasteiger partial charge in [0.1, 0.15) is 0 Å². The van der Waals surface area contributed by atoms with Crippen molar-refractivity contribution in [3.8, 4) is 0 Å². The van der Waals surface area contributed by atoms with Gasteiger partial charge in [0.25, 0.3) is 5.91 Å². The first-order valence-electron chi connectivity index (χ1n) is 6.84. The second-order valence-corrected chi connectivity index (χ2v) is 5.36. The Morgan fingerprint density at radius 3 is 2.65 bits per heavy atom. The van der Waals surface area contributed by atoms with Crippen molar-refractivity contribution in [1.29, 1.82) is 0 Å². The minimum atomic E-state index is 0.0603. The quantitative estimate of drug-likeness (QED) is 0.806. The van der Waals surface area contributed by atoms with E-state index in [0.29, 0.717) is 0 Å². The third-order valence-electron chi connectivity index (χ3n) is 3.98. The number of benzene rings is 2. The number of carbonyl (C=O) groups excluding carboxylic acids is 1. The average molecular weight is 266 g/mol. The number of nitrogens with two attached hydrogens (primary N) is 1. The third kappa shape index (κ3) is 1.95. The fourth-order valence-electron chi connectivity index (χ4n) is 2.75. The second kappa shape index (κ2) is 4.67. The molecule has 0 aromatic heterocycles. The minimum absolute atomic E-state index is 0.0603. The molecule has 0 atom stereocenters. The standard InChI is InChI=1S/C17H18N2O/c1-11-5-3-4-6-14(11)17(20)19-8-7-13-9-12(2)15(18)10-16(13)19/h3-6,9-10H,7-8,18H2,1-2H3. The Kier molecular flexibility index (Phi) is 2.97. The second-order valence-electron chi connectivity index (χ2n) is 5.36. The number of nitrogen functional groups attached to an aromatic ring is 1. The van der Waals surface area contributed by atoms with Crippen molar-refractivity contribution in [2.45, 2.75) is 20.3 Å². The summed E-state index contributed by atoms with van der Waals surface area (Å²) < 4.78 is 0. The van der Waals surface area contributed by atoms with E-state index in [0.717, 1.165) is 41.0 Å². The number of carbonyl (C=O) groups is 1. The van der Waals surface area contributed by atoms with Gasteiger partial charge in [0.2, 0.25) is 0 Å². The van der Waals surface area contributed by atoms with Crippen LogP contribution in [-0.4, -0.2) is 12.5 Å². The van der Waals surface area contributed by atoms with E-state index in [9.17, 15) is 4.79 Å². The number of fused-ring (bicyclic) bond motifs is 1. The number of nitrogens with zero attached hydrogens (tertiary/aromatic N) is 1. The number of anilines is 2. The van der Waals surface area contributed by atoms with Crippen LogP contribution in [0.4, 0.5) is 11.4 Å². The van der Waals surface area contributed by atoms with Crippen LogP contribution in [-0.2, 0) is 6.42 Å². The highest BCUT2D eigenvalue weighted by Crippen LogP contribution is 2.33. The number of hydrogen-bond donors (Lipinski definition) is 1. The van der Waals surface area contributed by atoms with E-state index in [2.05, 4.69) is 6.07 Å². The molecule has 1 heterocycles. The van der Waals surface area contributed by atoms with E-state index >= 15 is 0 Å². The van der Waals surface area contributed by atoms with Crippen LogP contribution in [0.2, 0.25) is 0 Å². The molecule has 2 N–H and O–H groups in total. The Hall–Kier alpha value is -2.29. The van der Waals surface area contributed by atoms with Crippen LogP contribution in [0.15, 0.2) is 36.4 Å². The van der Waals surface area contributed by atoms with Gasteiger partial charge in [0.15, 0.2) is 0 Å². The molecule has 3 rings (SSSR count). The SMILES string of the molecule is Cc1cc2c(cc1N)N(C(=O)c1ccccc1C)CC2. The lowest BCUT2D eigenvalue weighted by Gasteiger charge is -2.19. The molecule has 0 fully saturated rings. The van der Waals surface area contributed by atoms with Crippen LogP contribution in [0.3, 0.4) is 0 Å². The van der Waals surface area contributed by atoms with Crippen molar-refractivity contribution in [2.75, 3.05) is 17.2 Å². The Morgan fingerprint density at radius 2 is 1.90 bits per heavy atom. The average Bonchev–Trinajstić information content (AvgIpc) is 2.82. The smallest absolute Gasteiger partial charge is 0.258 e. The van der Waals surface area contributed by atoms with Crippen molar-refractivity contribution in [1.82, 2.24) is 0 Å². The molecule has 0 saturated carbocycles. The van der Waals surface area contributed by atoms with E-state index in [1.807, 2.05) is 49.1 Å². The minimum Gasteiger partial charge on any atom is -0.398 e. The summed E-state index contributed by atoms with van der Waals surface area (Å²) in [4.78, 5) is 14.6. The van der Waals surface area contributed by atoms with Crippen LogP contribution in [0.1, 0.15) is 27.0 Å². The zero-order valence-electron chi connectivity index (χ0n) is 11.8. The first-order valence-corrected chi connectivity index (χ1v) is 6.84. The molecule has 1 amide bonds. The van der Waals surface area contributed by atoms with Gasteiger partial charge < -0.3 is 10.6 Å². The molecule has 102 valence electrons. The third-order valence-corrected chi connectivity index (χ3v) is 3.98. The normalized spacial score (nSPS) is 13.4. The maximum atomic E-state index is 12.7. The molecule has 0 saturated heterocycles. The van der Waals surface area contributed by atoms with E-state index in [1.54, 1.807) is 0 Å². The highest BCUT2D eigenvalue weighted by Gasteiger charge is 2.26. The maximum Gasteiger partial charge on any atom is 0.258 e. The molecule has 3 heteroatoms. The molecule has 0 aliphatic carbocycles. The highest BCUT2D eigenvalue weighted by atomic mass is 16.2. The first-order chi connectivity index (χ1) is 9.58. The zero-order chi connectivity index (χ0) is 14.3. The van der Waals surface area contributed by atoms with E-state index < -0.39 is 0 Å². The summed E-state index contributed by atoms with van der Waals surface area (Å²) in [6.07, 6.45) is 0.897. The largest absolute Gasteiger partial charge is 0.398 e. The molecule has 2 aromatic carbocycles. The number of hydrogen-bond acceptors (Lipinski definition) is 2. The Bertz CT molecular complexity index is 691. The lowest BCUT2D eigenvalue weighted by molar-refractivity contribution is 0.0989. The van der Waals surface area contributed by atoms with Gasteiger partial charge in [-0.25, -0.2) is 0 Å². The zero-order valence-corrected chi connectivity index (χ0v) is 11.8. The van der Waals surface area contributed by atoms with Crippen molar-refractivity contribution >= 4 is 17.3 Å². The summed E-state index contributed by atoms with van der Waals surface area (Å²) in [5.41, 5.74) is 11.7. The maximum absolute atomic E-state index is 12.7. The Balaban J connectivity index is 2.01. The molecule has 0 bridgehead atoms. The summed E-state index contributed by atoms with van der Waals surface area (Å²) in [6.45, 7) is 4.69. The molecule has 0 unspecified atom stereocenters. The van der Waals surface area contributed by atoms with Crippen LogP contribution < -0.4 is 10.6 Å².